The van der Waals surface area contributed by atoms with E-state index in [2.05, 4.69) is 15.3 Å². The van der Waals surface area contributed by atoms with Gasteiger partial charge in [0.05, 0.1) is 53.4 Å². The van der Waals surface area contributed by atoms with E-state index in [1.54, 1.807) is 33.8 Å². The number of fused-ring (bicyclic) bond motifs is 2. The predicted octanol–water partition coefficient (Wildman–Crippen LogP) is 10.1. The zero-order valence-electron chi connectivity index (χ0n) is 43.9. The molecule has 0 radical (unpaired) electrons. The lowest BCUT2D eigenvalue weighted by Crippen LogP contribution is -2.54. The van der Waals surface area contributed by atoms with Gasteiger partial charge in [0.1, 0.15) is 41.7 Å². The Morgan fingerprint density at radius 3 is 2.09 bits per heavy atom. The monoisotopic (exact) mass is 1110 g/mol. The van der Waals surface area contributed by atoms with Gasteiger partial charge in [-0.3, -0.25) is 19.0 Å². The quantitative estimate of drug-likeness (QED) is 0.0467. The molecule has 0 saturated carbocycles. The molecule has 3 fully saturated rings. The number of nitrogens with one attached hydrogen (secondary N) is 2. The smallest absolute Gasteiger partial charge is 0.453 e. The fourth-order valence-corrected chi connectivity index (χ4v) is 11.7. The van der Waals surface area contributed by atoms with Crippen LogP contribution in [0.5, 0.6) is 0 Å². The standard InChI is InChI=1S/C54H63F5N9O9P/c1-6-9-48(69)65-20-8-10-46(65)51-60-43-28-38(57)36(26-47(43)67(51)29-77-78(72,73)74)45-16-15-44(68(45)34-23-39(58)50(40(59)24-34)64-21-17-32(18-22-64)31-11-13-33(55)14-12-31)35-25-41-42(27-37(35)56)62-53(61-41)66(19-7-2)52(70)49(30(3)75-4)63-54(71)76-5/h11-14,23-28,30,32,44-46,49H,6-10,15-22,29H2,1-5H3,(H,61,62)(H,63,71)(H2,72,73,74)/t30?,44?,45-,46?,49?/m1/s1. The highest BCUT2D eigenvalue weighted by atomic mass is 31.2. The Kier molecular flexibility index (Phi) is 16.8. The molecule has 24 heteroatoms. The lowest BCUT2D eigenvalue weighted by Gasteiger charge is -2.36. The molecule has 18 nitrogen and oxygen atoms in total. The number of piperidine rings is 1. The van der Waals surface area contributed by atoms with E-state index in [-0.39, 0.29) is 113 Å². The second-order valence-electron chi connectivity index (χ2n) is 20.1. The van der Waals surface area contributed by atoms with E-state index < -0.39 is 80.1 Å². The van der Waals surface area contributed by atoms with Crippen LogP contribution >= 0.6 is 7.82 Å². The van der Waals surface area contributed by atoms with E-state index in [1.807, 2.05) is 13.8 Å². The highest BCUT2D eigenvalue weighted by molar-refractivity contribution is 7.46. The summed E-state index contributed by atoms with van der Waals surface area (Å²) < 4.78 is 110. The number of alkyl carbamates (subject to hydrolysis) is 1. The van der Waals surface area contributed by atoms with Crippen molar-refractivity contribution in [1.82, 2.24) is 29.7 Å². The van der Waals surface area contributed by atoms with Crippen molar-refractivity contribution in [2.45, 2.75) is 121 Å². The largest absolute Gasteiger partial charge is 0.471 e. The highest BCUT2D eigenvalue weighted by Gasteiger charge is 2.42. The number of phosphoric ester groups is 1. The van der Waals surface area contributed by atoms with Crippen molar-refractivity contribution in [3.8, 4) is 0 Å². The van der Waals surface area contributed by atoms with E-state index >= 15 is 17.6 Å². The number of hydrogen-bond donors (Lipinski definition) is 4. The van der Waals surface area contributed by atoms with Crippen molar-refractivity contribution in [2.24, 2.45) is 0 Å². The fraction of sp³-hybridized carbons (Fsp3) is 0.463. The van der Waals surface area contributed by atoms with Gasteiger partial charge in [0.2, 0.25) is 11.9 Å². The maximum absolute atomic E-state index is 17.1. The number of halogens is 5. The maximum Gasteiger partial charge on any atom is 0.471 e. The van der Waals surface area contributed by atoms with Gasteiger partial charge in [-0.25, -0.2) is 41.3 Å². The Balaban J connectivity index is 1.13. The first-order valence-corrected chi connectivity index (χ1v) is 27.7. The molecule has 3 aliphatic heterocycles. The molecule has 5 atom stereocenters. The molecule has 4 unspecified atom stereocenters. The van der Waals surface area contributed by atoms with Crippen molar-refractivity contribution in [1.29, 1.82) is 0 Å². The van der Waals surface area contributed by atoms with Crippen molar-refractivity contribution in [2.75, 3.05) is 55.1 Å². The number of methoxy groups -OCH3 is 2. The number of ether oxygens (including phenoxy) is 2. The molecule has 3 amide bonds. The van der Waals surface area contributed by atoms with Crippen LogP contribution in [0, 0.1) is 29.1 Å². The minimum atomic E-state index is -5.10. The number of H-pyrrole nitrogens is 1. The topological polar surface area (TPSA) is 208 Å². The molecule has 0 bridgehead atoms. The number of anilines is 3. The Bertz CT molecular complexity index is 3220. The number of imidazole rings is 2. The Labute approximate surface area is 447 Å². The summed E-state index contributed by atoms with van der Waals surface area (Å²) in [7, 11) is -2.57. The number of nitrogens with zero attached hydrogens (tertiary/aromatic N) is 7. The van der Waals surface area contributed by atoms with E-state index in [0.717, 1.165) is 36.9 Å². The number of hydrogen-bond acceptors (Lipinski definition) is 11. The summed E-state index contributed by atoms with van der Waals surface area (Å²) in [5.41, 5.74) is 1.32. The molecule has 418 valence electrons. The van der Waals surface area contributed by atoms with E-state index in [9.17, 15) is 33.1 Å². The molecule has 3 saturated heterocycles. The van der Waals surface area contributed by atoms with Gasteiger partial charge in [0.25, 0.3) is 5.91 Å². The van der Waals surface area contributed by atoms with Crippen LogP contribution in [0.15, 0.2) is 60.7 Å². The lowest BCUT2D eigenvalue weighted by molar-refractivity contribution is -0.132. The maximum atomic E-state index is 17.1. The van der Waals surface area contributed by atoms with Gasteiger partial charge < -0.3 is 48.8 Å². The first-order valence-electron chi connectivity index (χ1n) is 26.2. The number of phosphoric acid groups is 1. The van der Waals surface area contributed by atoms with Gasteiger partial charge in [-0.2, -0.15) is 0 Å². The van der Waals surface area contributed by atoms with Crippen LogP contribution in [0.4, 0.5) is 44.1 Å². The number of benzene rings is 4. The van der Waals surface area contributed by atoms with Crippen LogP contribution in [-0.2, 0) is 34.9 Å². The summed E-state index contributed by atoms with van der Waals surface area (Å²) in [4.78, 5) is 78.1. The number of amides is 3. The first kappa shape index (κ1) is 56.1. The second kappa shape index (κ2) is 23.4. The predicted molar refractivity (Wildman–Crippen MR) is 280 cm³/mol. The van der Waals surface area contributed by atoms with E-state index in [1.165, 1.54) is 40.8 Å². The van der Waals surface area contributed by atoms with Crippen LogP contribution in [0.1, 0.15) is 125 Å². The number of carbonyl (C=O) groups excluding carboxylic acids is 3. The number of likely N-dealkylation sites (tertiary alicyclic amines) is 1. The Hall–Kier alpha value is -6.65. The lowest BCUT2D eigenvalue weighted by atomic mass is 9.89. The summed E-state index contributed by atoms with van der Waals surface area (Å²) in [6.45, 7) is 5.66. The van der Waals surface area contributed by atoms with Gasteiger partial charge in [0, 0.05) is 68.7 Å². The van der Waals surface area contributed by atoms with Crippen LogP contribution in [0.25, 0.3) is 22.1 Å². The zero-order valence-corrected chi connectivity index (χ0v) is 44.8. The van der Waals surface area contributed by atoms with Gasteiger partial charge in [-0.1, -0.05) is 26.0 Å². The minimum Gasteiger partial charge on any atom is -0.453 e. The van der Waals surface area contributed by atoms with Crippen molar-refractivity contribution in [3.63, 3.8) is 0 Å². The van der Waals surface area contributed by atoms with Crippen molar-refractivity contribution in [3.05, 3.63) is 112 Å². The number of aromatic nitrogens is 4. The molecule has 6 aromatic rings. The van der Waals surface area contributed by atoms with Crippen molar-refractivity contribution < 1.29 is 64.7 Å². The molecule has 9 rings (SSSR count). The Morgan fingerprint density at radius 1 is 0.821 bits per heavy atom. The number of carbonyl (C=O) groups is 3. The molecule has 0 aliphatic carbocycles. The SMILES string of the molecule is CCCC(=O)N1CCCC1c1nc2cc(F)c([C@H]3CCC(c4cc5[nH]c(N(CCC)C(=O)C(NC(=O)OC)C(C)OC)nc5cc4F)N3c3cc(F)c(N4CCC(c5ccc(F)cc5)CC4)c(F)c3)cc2n1COP(=O)(O)O. The van der Waals surface area contributed by atoms with Crippen molar-refractivity contribution >= 4 is 65.1 Å². The average molecular weight is 1110 g/mol. The summed E-state index contributed by atoms with van der Waals surface area (Å²) in [6.07, 6.45) is 1.96. The first-order chi connectivity index (χ1) is 37.3. The summed E-state index contributed by atoms with van der Waals surface area (Å²) in [5, 5.41) is 2.51. The third kappa shape index (κ3) is 11.4. The van der Waals surface area contributed by atoms with Crippen LogP contribution in [-0.4, -0.2) is 105 Å². The molecular formula is C54H63F5N9O9P. The van der Waals surface area contributed by atoms with Crippen LogP contribution in [0.3, 0.4) is 0 Å². The molecule has 5 heterocycles. The van der Waals surface area contributed by atoms with Gasteiger partial charge in [-0.05, 0) is 106 Å². The van der Waals surface area contributed by atoms with Gasteiger partial charge in [-0.15, -0.1) is 0 Å². The molecule has 0 spiro atoms. The summed E-state index contributed by atoms with van der Waals surface area (Å²) in [5.74, 6) is -4.21. The van der Waals surface area contributed by atoms with Gasteiger partial charge in [0.15, 0.2) is 11.6 Å². The minimum absolute atomic E-state index is 0.00795. The average Bonchev–Trinajstić information content (AvgIpc) is 4.40. The molecule has 4 aromatic carbocycles. The van der Waals surface area contributed by atoms with E-state index in [0.29, 0.717) is 45.1 Å². The van der Waals surface area contributed by atoms with Crippen LogP contribution < -0.4 is 20.0 Å². The third-order valence-electron chi connectivity index (χ3n) is 15.3. The Morgan fingerprint density at radius 2 is 1.47 bits per heavy atom. The second-order valence-corrected chi connectivity index (χ2v) is 21.3. The number of rotatable bonds is 18. The highest BCUT2D eigenvalue weighted by Crippen LogP contribution is 2.51. The van der Waals surface area contributed by atoms with Crippen LogP contribution in [0.2, 0.25) is 0 Å². The zero-order chi connectivity index (χ0) is 55.7. The third-order valence-corrected chi connectivity index (χ3v) is 15.7. The van der Waals surface area contributed by atoms with E-state index in [4.69, 9.17) is 19.0 Å². The normalized spacial score (nSPS) is 19.0. The molecular weight excluding hydrogens is 1040 g/mol. The number of aromatic amines is 1. The summed E-state index contributed by atoms with van der Waals surface area (Å²) >= 11 is 0. The van der Waals surface area contributed by atoms with Gasteiger partial charge >= 0.3 is 13.9 Å². The molecule has 78 heavy (non-hydrogen) atoms. The molecule has 2 aromatic heterocycles. The molecule has 3 aliphatic rings. The fourth-order valence-electron chi connectivity index (χ4n) is 11.4. The molecule has 4 N–H and O–H groups in total. The summed E-state index contributed by atoms with van der Waals surface area (Å²) in [6, 6.07) is 9.79.